The molecule has 0 saturated heterocycles. The quantitative estimate of drug-likeness (QED) is 0.815. The smallest absolute Gasteiger partial charge is 0.120 e. The van der Waals surface area contributed by atoms with Gasteiger partial charge in [0.25, 0.3) is 0 Å². The molecule has 0 aliphatic rings. The molecular weight excluding hydrogens is 186 g/mol. The molecule has 1 aromatic rings. The van der Waals surface area contributed by atoms with Crippen molar-refractivity contribution < 1.29 is 5.11 Å². The lowest BCUT2D eigenvalue weighted by atomic mass is 9.79. The second-order valence-corrected chi connectivity index (χ2v) is 4.06. The van der Waals surface area contributed by atoms with Crippen molar-refractivity contribution in [1.29, 1.82) is 5.26 Å². The summed E-state index contributed by atoms with van der Waals surface area (Å²) in [6.45, 7) is 3.99. The second kappa shape index (κ2) is 4.84. The number of para-hydroxylation sites is 1. The van der Waals surface area contributed by atoms with E-state index in [1.54, 1.807) is 12.1 Å². The lowest BCUT2D eigenvalue weighted by Crippen LogP contribution is -2.19. The van der Waals surface area contributed by atoms with Crippen molar-refractivity contribution >= 4 is 0 Å². The first-order valence-corrected chi connectivity index (χ1v) is 5.34. The number of rotatable bonds is 4. The average molecular weight is 203 g/mol. The van der Waals surface area contributed by atoms with Crippen LogP contribution in [0.15, 0.2) is 24.3 Å². The van der Waals surface area contributed by atoms with E-state index in [0.717, 1.165) is 24.8 Å². The van der Waals surface area contributed by atoms with Crippen LogP contribution in [0.3, 0.4) is 0 Å². The summed E-state index contributed by atoms with van der Waals surface area (Å²) in [7, 11) is 0. The van der Waals surface area contributed by atoms with Gasteiger partial charge in [0.2, 0.25) is 0 Å². The molecule has 0 fully saturated rings. The summed E-state index contributed by atoms with van der Waals surface area (Å²) in [6.07, 6.45) is 2.85. The predicted octanol–water partition coefficient (Wildman–Crippen LogP) is 3.36. The molecule has 1 N–H and O–H groups in total. The molecule has 2 nitrogen and oxygen atoms in total. The van der Waals surface area contributed by atoms with Crippen molar-refractivity contribution in [2.75, 3.05) is 0 Å². The third-order valence-corrected chi connectivity index (χ3v) is 2.78. The van der Waals surface area contributed by atoms with Crippen LogP contribution in [0.2, 0.25) is 0 Å². The number of nitriles is 1. The first-order chi connectivity index (χ1) is 7.14. The maximum absolute atomic E-state index is 9.73. The summed E-state index contributed by atoms with van der Waals surface area (Å²) in [5, 5.41) is 19.0. The SMILES string of the molecule is CCCCC(C)(C#N)c1ccccc1O. The number of aromatic hydroxyl groups is 1. The zero-order valence-electron chi connectivity index (χ0n) is 9.33. The molecule has 0 aliphatic heterocycles. The Morgan fingerprint density at radius 3 is 2.60 bits per heavy atom. The van der Waals surface area contributed by atoms with Crippen molar-refractivity contribution in [3.8, 4) is 11.8 Å². The molecule has 1 unspecified atom stereocenters. The highest BCUT2D eigenvalue weighted by atomic mass is 16.3. The first kappa shape index (κ1) is 11.6. The molecular formula is C13H17NO. The minimum atomic E-state index is -0.568. The van der Waals surface area contributed by atoms with E-state index in [-0.39, 0.29) is 5.75 Å². The summed E-state index contributed by atoms with van der Waals surface area (Å²) < 4.78 is 0. The summed E-state index contributed by atoms with van der Waals surface area (Å²) >= 11 is 0. The van der Waals surface area contributed by atoms with E-state index in [2.05, 4.69) is 13.0 Å². The van der Waals surface area contributed by atoms with Crippen LogP contribution in [0.25, 0.3) is 0 Å². The van der Waals surface area contributed by atoms with E-state index in [1.807, 2.05) is 19.1 Å². The van der Waals surface area contributed by atoms with Gasteiger partial charge in [-0.25, -0.2) is 0 Å². The van der Waals surface area contributed by atoms with E-state index < -0.39 is 5.41 Å². The van der Waals surface area contributed by atoms with Crippen LogP contribution in [0, 0.1) is 11.3 Å². The third-order valence-electron chi connectivity index (χ3n) is 2.78. The van der Waals surface area contributed by atoms with Gasteiger partial charge in [-0.3, -0.25) is 0 Å². The standard InChI is InChI=1S/C13H17NO/c1-3-4-9-13(2,10-14)11-7-5-6-8-12(11)15/h5-8,15H,3-4,9H2,1-2H3. The van der Waals surface area contributed by atoms with E-state index in [1.165, 1.54) is 0 Å². The van der Waals surface area contributed by atoms with Gasteiger partial charge < -0.3 is 5.11 Å². The van der Waals surface area contributed by atoms with Crippen molar-refractivity contribution in [3.63, 3.8) is 0 Å². The summed E-state index contributed by atoms with van der Waals surface area (Å²) in [4.78, 5) is 0. The Morgan fingerprint density at radius 2 is 2.07 bits per heavy atom. The van der Waals surface area contributed by atoms with Crippen molar-refractivity contribution in [3.05, 3.63) is 29.8 Å². The number of hydrogen-bond acceptors (Lipinski definition) is 2. The van der Waals surface area contributed by atoms with Gasteiger partial charge in [0, 0.05) is 5.56 Å². The van der Waals surface area contributed by atoms with Crippen LogP contribution < -0.4 is 0 Å². The molecule has 0 amide bonds. The fourth-order valence-electron chi connectivity index (χ4n) is 1.72. The highest BCUT2D eigenvalue weighted by Gasteiger charge is 2.28. The Kier molecular flexibility index (Phi) is 3.74. The maximum Gasteiger partial charge on any atom is 0.120 e. The lowest BCUT2D eigenvalue weighted by Gasteiger charge is -2.22. The first-order valence-electron chi connectivity index (χ1n) is 5.34. The van der Waals surface area contributed by atoms with Gasteiger partial charge in [-0.05, 0) is 19.4 Å². The molecule has 0 aliphatic carbocycles. The number of unbranched alkanes of at least 4 members (excludes halogenated alkanes) is 1. The Balaban J connectivity index is 3.02. The van der Waals surface area contributed by atoms with Gasteiger partial charge in [0.05, 0.1) is 11.5 Å². The Bertz CT molecular complexity index is 367. The number of hydrogen-bond donors (Lipinski definition) is 1. The number of benzene rings is 1. The molecule has 2 heteroatoms. The largest absolute Gasteiger partial charge is 0.508 e. The average Bonchev–Trinajstić information content (AvgIpc) is 2.26. The van der Waals surface area contributed by atoms with Crippen LogP contribution >= 0.6 is 0 Å². The van der Waals surface area contributed by atoms with Gasteiger partial charge >= 0.3 is 0 Å². The number of nitrogens with zero attached hydrogens (tertiary/aromatic N) is 1. The zero-order valence-corrected chi connectivity index (χ0v) is 9.33. The highest BCUT2D eigenvalue weighted by Crippen LogP contribution is 2.34. The fourth-order valence-corrected chi connectivity index (χ4v) is 1.72. The predicted molar refractivity (Wildman–Crippen MR) is 60.6 cm³/mol. The molecule has 80 valence electrons. The zero-order chi connectivity index (χ0) is 11.3. The Morgan fingerprint density at radius 1 is 1.40 bits per heavy atom. The van der Waals surface area contributed by atoms with Crippen LogP contribution in [-0.2, 0) is 5.41 Å². The van der Waals surface area contributed by atoms with Crippen LogP contribution in [0.4, 0.5) is 0 Å². The lowest BCUT2D eigenvalue weighted by molar-refractivity contribution is 0.439. The van der Waals surface area contributed by atoms with Gasteiger partial charge in [-0.2, -0.15) is 5.26 Å². The van der Waals surface area contributed by atoms with Crippen LogP contribution in [0.5, 0.6) is 5.75 Å². The molecule has 0 saturated carbocycles. The molecule has 0 aromatic heterocycles. The minimum absolute atomic E-state index is 0.220. The molecule has 15 heavy (non-hydrogen) atoms. The highest BCUT2D eigenvalue weighted by molar-refractivity contribution is 5.41. The molecule has 0 heterocycles. The topological polar surface area (TPSA) is 44.0 Å². The number of phenols is 1. The van der Waals surface area contributed by atoms with Crippen molar-refractivity contribution in [2.24, 2.45) is 0 Å². The molecule has 1 rings (SSSR count). The van der Waals surface area contributed by atoms with Crippen LogP contribution in [-0.4, -0.2) is 5.11 Å². The molecule has 1 atom stereocenters. The normalized spacial score (nSPS) is 14.2. The summed E-state index contributed by atoms with van der Waals surface area (Å²) in [6, 6.07) is 9.41. The van der Waals surface area contributed by atoms with E-state index in [9.17, 15) is 10.4 Å². The van der Waals surface area contributed by atoms with Crippen molar-refractivity contribution in [2.45, 2.75) is 38.5 Å². The van der Waals surface area contributed by atoms with E-state index in [0.29, 0.717) is 0 Å². The Labute approximate surface area is 91.2 Å². The molecule has 0 radical (unpaired) electrons. The second-order valence-electron chi connectivity index (χ2n) is 4.06. The Hall–Kier alpha value is -1.49. The number of phenolic OH excluding ortho intramolecular Hbond substituents is 1. The fraction of sp³-hybridized carbons (Fsp3) is 0.462. The van der Waals surface area contributed by atoms with Crippen molar-refractivity contribution in [1.82, 2.24) is 0 Å². The molecule has 0 spiro atoms. The maximum atomic E-state index is 9.73. The summed E-state index contributed by atoms with van der Waals surface area (Å²) in [5.74, 6) is 0.220. The van der Waals surface area contributed by atoms with Gasteiger partial charge in [0.15, 0.2) is 0 Å². The summed E-state index contributed by atoms with van der Waals surface area (Å²) in [5.41, 5.74) is 0.169. The molecule has 0 bridgehead atoms. The molecule has 1 aromatic carbocycles. The van der Waals surface area contributed by atoms with Gasteiger partial charge in [-0.15, -0.1) is 0 Å². The van der Waals surface area contributed by atoms with Crippen LogP contribution in [0.1, 0.15) is 38.7 Å². The van der Waals surface area contributed by atoms with Gasteiger partial charge in [0.1, 0.15) is 5.75 Å². The van der Waals surface area contributed by atoms with E-state index in [4.69, 9.17) is 0 Å². The monoisotopic (exact) mass is 203 g/mol. The third kappa shape index (κ3) is 2.50. The van der Waals surface area contributed by atoms with E-state index >= 15 is 0 Å². The minimum Gasteiger partial charge on any atom is -0.508 e. The van der Waals surface area contributed by atoms with Gasteiger partial charge in [-0.1, -0.05) is 38.0 Å².